The lowest BCUT2D eigenvalue weighted by Gasteiger charge is -2.19. The van der Waals surface area contributed by atoms with Gasteiger partial charge < -0.3 is 20.1 Å². The third-order valence-electron chi connectivity index (χ3n) is 9.28. The number of allylic oxidation sites excluding steroid dienone is 14. The second-order valence-electron chi connectivity index (χ2n) is 14.9. The molecule has 0 rings (SSSR count). The van der Waals surface area contributed by atoms with E-state index < -0.39 is 32.5 Å². The van der Waals surface area contributed by atoms with E-state index in [2.05, 4.69) is 86.8 Å². The third kappa shape index (κ3) is 44.6. The molecule has 0 aliphatic carbocycles. The van der Waals surface area contributed by atoms with Crippen LogP contribution >= 0.6 is 7.82 Å². The van der Waals surface area contributed by atoms with Gasteiger partial charge in [-0.3, -0.25) is 18.6 Å². The number of rotatable bonds is 42. The fraction of sp³-hybridized carbons (Fsp3) is 0.673. The molecular weight excluding hydrogens is 762 g/mol. The predicted molar refractivity (Wildman–Crippen MR) is 247 cm³/mol. The molecule has 59 heavy (non-hydrogen) atoms. The lowest BCUT2D eigenvalue weighted by Crippen LogP contribution is -2.29. The molecule has 0 bridgehead atoms. The van der Waals surface area contributed by atoms with Crippen LogP contribution in [0, 0.1) is 0 Å². The summed E-state index contributed by atoms with van der Waals surface area (Å²) in [5.74, 6) is -0.933. The van der Waals surface area contributed by atoms with Gasteiger partial charge in [-0.25, -0.2) is 4.57 Å². The standard InChI is InChI=1S/C49H84NO8P/c1-3-5-7-9-11-13-15-17-19-21-23-25-27-29-31-33-35-37-39-41-48(51)55-45-47(46-57-59(53,54)56-44-43-50)58-49(52)42-40-38-36-34-32-30-28-26-24-22-20-18-16-14-12-10-8-6-4-2/h5,7,11,13,17-20,23,25,29,31,35,37,47H,3-4,6,8-10,12,14-16,21-22,24,26-28,30,32-34,36,38-46,50H2,1-2H3,(H,53,54)/t47-/m1/s1. The van der Waals surface area contributed by atoms with Crippen molar-refractivity contribution in [2.24, 2.45) is 5.73 Å². The molecule has 0 saturated carbocycles. The monoisotopic (exact) mass is 846 g/mol. The van der Waals surface area contributed by atoms with Crippen molar-refractivity contribution >= 4 is 19.8 Å². The maximum Gasteiger partial charge on any atom is 0.472 e. The van der Waals surface area contributed by atoms with Crippen LogP contribution in [0.25, 0.3) is 0 Å². The summed E-state index contributed by atoms with van der Waals surface area (Å²) in [6.07, 6.45) is 56.3. The lowest BCUT2D eigenvalue weighted by atomic mass is 10.1. The van der Waals surface area contributed by atoms with E-state index >= 15 is 0 Å². The van der Waals surface area contributed by atoms with Crippen molar-refractivity contribution in [3.05, 3.63) is 85.1 Å². The molecule has 0 heterocycles. The van der Waals surface area contributed by atoms with Crippen molar-refractivity contribution in [3.63, 3.8) is 0 Å². The number of hydrogen-bond donors (Lipinski definition) is 2. The smallest absolute Gasteiger partial charge is 0.462 e. The van der Waals surface area contributed by atoms with Crippen LogP contribution in [-0.4, -0.2) is 49.3 Å². The average Bonchev–Trinajstić information content (AvgIpc) is 3.22. The average molecular weight is 846 g/mol. The summed E-state index contributed by atoms with van der Waals surface area (Å²) >= 11 is 0. The molecule has 0 amide bonds. The van der Waals surface area contributed by atoms with Crippen molar-refractivity contribution in [3.8, 4) is 0 Å². The number of carbonyl (C=O) groups excluding carboxylic acids is 2. The van der Waals surface area contributed by atoms with Gasteiger partial charge in [-0.1, -0.05) is 176 Å². The molecule has 2 atom stereocenters. The van der Waals surface area contributed by atoms with Crippen LogP contribution < -0.4 is 5.73 Å². The third-order valence-corrected chi connectivity index (χ3v) is 10.3. The second kappa shape index (κ2) is 44.7. The van der Waals surface area contributed by atoms with Crippen LogP contribution in [0.15, 0.2) is 85.1 Å². The lowest BCUT2D eigenvalue weighted by molar-refractivity contribution is -0.161. The highest BCUT2D eigenvalue weighted by atomic mass is 31.2. The minimum Gasteiger partial charge on any atom is -0.462 e. The van der Waals surface area contributed by atoms with Crippen LogP contribution in [-0.2, 0) is 32.7 Å². The molecule has 1 unspecified atom stereocenters. The van der Waals surface area contributed by atoms with E-state index in [4.69, 9.17) is 24.3 Å². The van der Waals surface area contributed by atoms with Gasteiger partial charge in [0.1, 0.15) is 6.61 Å². The molecule has 0 aliphatic rings. The van der Waals surface area contributed by atoms with Crippen molar-refractivity contribution in [2.45, 2.75) is 187 Å². The highest BCUT2D eigenvalue weighted by molar-refractivity contribution is 7.47. The Morgan fingerprint density at radius 3 is 1.46 bits per heavy atom. The SMILES string of the molecule is CCC=CCC=CCC=CCC=CCC=CCC=CCCC(=O)OC[C@H](COP(=O)(O)OCCN)OC(=O)CCCCCCCCCCCC=CCCCCCCCC. The number of esters is 2. The summed E-state index contributed by atoms with van der Waals surface area (Å²) < 4.78 is 32.7. The molecule has 0 radical (unpaired) electrons. The van der Waals surface area contributed by atoms with Crippen molar-refractivity contribution in [2.75, 3.05) is 26.4 Å². The van der Waals surface area contributed by atoms with Crippen LogP contribution in [0.2, 0.25) is 0 Å². The summed E-state index contributed by atoms with van der Waals surface area (Å²) in [4.78, 5) is 34.9. The maximum absolute atomic E-state index is 12.6. The van der Waals surface area contributed by atoms with E-state index in [1.807, 2.05) is 12.2 Å². The zero-order valence-electron chi connectivity index (χ0n) is 37.2. The van der Waals surface area contributed by atoms with E-state index in [1.165, 1.54) is 83.5 Å². The number of phosphoric acid groups is 1. The van der Waals surface area contributed by atoms with Gasteiger partial charge in [0.25, 0.3) is 0 Å². The maximum atomic E-state index is 12.6. The van der Waals surface area contributed by atoms with E-state index in [-0.39, 0.29) is 32.6 Å². The van der Waals surface area contributed by atoms with Gasteiger partial charge in [0, 0.05) is 19.4 Å². The zero-order valence-corrected chi connectivity index (χ0v) is 38.1. The minimum atomic E-state index is -4.40. The van der Waals surface area contributed by atoms with E-state index in [0.29, 0.717) is 12.8 Å². The number of hydrogen-bond acceptors (Lipinski definition) is 8. The molecule has 0 aromatic rings. The Balaban J connectivity index is 4.24. The van der Waals surface area contributed by atoms with Gasteiger partial charge in [-0.05, 0) is 77.0 Å². The van der Waals surface area contributed by atoms with Gasteiger partial charge in [0.15, 0.2) is 6.10 Å². The van der Waals surface area contributed by atoms with Crippen LogP contribution in [0.5, 0.6) is 0 Å². The quantitative estimate of drug-likeness (QED) is 0.0266. The molecule has 0 saturated heterocycles. The summed E-state index contributed by atoms with van der Waals surface area (Å²) in [5, 5.41) is 0. The Labute approximate surface area is 360 Å². The fourth-order valence-corrected chi connectivity index (χ4v) is 6.65. The zero-order chi connectivity index (χ0) is 43.2. The van der Waals surface area contributed by atoms with Crippen LogP contribution in [0.3, 0.4) is 0 Å². The first-order valence-electron chi connectivity index (χ1n) is 23.1. The second-order valence-corrected chi connectivity index (χ2v) is 16.3. The molecule has 0 aromatic heterocycles. The van der Waals surface area contributed by atoms with Gasteiger partial charge in [0.2, 0.25) is 0 Å². The minimum absolute atomic E-state index is 0.0396. The molecule has 10 heteroatoms. The number of ether oxygens (including phenoxy) is 2. The summed E-state index contributed by atoms with van der Waals surface area (Å²) in [7, 11) is -4.40. The summed E-state index contributed by atoms with van der Waals surface area (Å²) in [6, 6.07) is 0. The summed E-state index contributed by atoms with van der Waals surface area (Å²) in [6.45, 7) is 3.52. The Hall–Kier alpha value is -2.81. The molecule has 338 valence electrons. The van der Waals surface area contributed by atoms with Crippen molar-refractivity contribution < 1.29 is 37.6 Å². The first kappa shape index (κ1) is 56.2. The molecule has 0 aromatic carbocycles. The predicted octanol–water partition coefficient (Wildman–Crippen LogP) is 13.6. The molecule has 9 nitrogen and oxygen atoms in total. The van der Waals surface area contributed by atoms with Gasteiger partial charge in [-0.2, -0.15) is 0 Å². The Kier molecular flexibility index (Phi) is 42.6. The fourth-order valence-electron chi connectivity index (χ4n) is 5.89. The first-order valence-corrected chi connectivity index (χ1v) is 24.6. The normalized spacial score (nSPS) is 14.0. The van der Waals surface area contributed by atoms with Gasteiger partial charge >= 0.3 is 19.8 Å². The highest BCUT2D eigenvalue weighted by Gasteiger charge is 2.25. The highest BCUT2D eigenvalue weighted by Crippen LogP contribution is 2.43. The number of unbranched alkanes of at least 4 members (excludes halogenated alkanes) is 15. The molecule has 3 N–H and O–H groups in total. The Morgan fingerprint density at radius 2 is 0.966 bits per heavy atom. The molecule has 0 aliphatic heterocycles. The largest absolute Gasteiger partial charge is 0.472 e. The number of carbonyl (C=O) groups is 2. The van der Waals surface area contributed by atoms with Crippen molar-refractivity contribution in [1.82, 2.24) is 0 Å². The first-order chi connectivity index (χ1) is 28.8. The summed E-state index contributed by atoms with van der Waals surface area (Å²) in [5.41, 5.74) is 5.35. The Bertz CT molecular complexity index is 1240. The van der Waals surface area contributed by atoms with Crippen LogP contribution in [0.4, 0.5) is 0 Å². The van der Waals surface area contributed by atoms with E-state index in [1.54, 1.807) is 0 Å². The van der Waals surface area contributed by atoms with Gasteiger partial charge in [-0.15, -0.1) is 0 Å². The number of phosphoric ester groups is 1. The van der Waals surface area contributed by atoms with E-state index in [9.17, 15) is 19.0 Å². The molecule has 0 fully saturated rings. The van der Waals surface area contributed by atoms with E-state index in [0.717, 1.165) is 57.8 Å². The van der Waals surface area contributed by atoms with Crippen molar-refractivity contribution in [1.29, 1.82) is 0 Å². The Morgan fingerprint density at radius 1 is 0.525 bits per heavy atom. The molecule has 0 spiro atoms. The van der Waals surface area contributed by atoms with Crippen LogP contribution in [0.1, 0.15) is 181 Å². The van der Waals surface area contributed by atoms with Gasteiger partial charge in [0.05, 0.1) is 13.2 Å². The topological polar surface area (TPSA) is 134 Å². The molecular formula is C49H84NO8P. The number of nitrogens with two attached hydrogens (primary N) is 1.